The van der Waals surface area contributed by atoms with Gasteiger partial charge in [0.1, 0.15) is 5.82 Å². The van der Waals surface area contributed by atoms with Gasteiger partial charge in [0.05, 0.1) is 0 Å². The van der Waals surface area contributed by atoms with E-state index >= 15 is 0 Å². The maximum absolute atomic E-state index is 12.7. The van der Waals surface area contributed by atoms with Gasteiger partial charge in [-0.2, -0.15) is 0 Å². The molecule has 3 aliphatic carbocycles. The first-order chi connectivity index (χ1) is 6.12. The molecule has 4 rings (SSSR count). The summed E-state index contributed by atoms with van der Waals surface area (Å²) in [5, 5.41) is 0. The number of nitrogens with two attached hydrogens (primary N) is 1. The third kappa shape index (κ3) is 0.841. The summed E-state index contributed by atoms with van der Waals surface area (Å²) in [6, 6.07) is 6.87. The zero-order chi connectivity index (χ0) is 9.10. The van der Waals surface area contributed by atoms with Crippen molar-refractivity contribution in [1.29, 1.82) is 0 Å². The van der Waals surface area contributed by atoms with E-state index in [2.05, 4.69) is 0 Å². The summed E-state index contributed by atoms with van der Waals surface area (Å²) in [6.45, 7) is 0. The van der Waals surface area contributed by atoms with Gasteiger partial charge in [-0.15, -0.1) is 0 Å². The number of benzene rings is 1. The van der Waals surface area contributed by atoms with E-state index in [0.29, 0.717) is 5.41 Å². The largest absolute Gasteiger partial charge is 0.325 e. The van der Waals surface area contributed by atoms with Crippen LogP contribution in [0.3, 0.4) is 0 Å². The lowest BCUT2D eigenvalue weighted by Crippen LogP contribution is -2.74. The quantitative estimate of drug-likeness (QED) is 0.697. The van der Waals surface area contributed by atoms with E-state index in [1.165, 1.54) is 5.56 Å². The Bertz CT molecular complexity index is 335. The van der Waals surface area contributed by atoms with Crippen LogP contribution in [0.15, 0.2) is 24.3 Å². The number of hydrogen-bond donors (Lipinski definition) is 1. The Labute approximate surface area is 76.7 Å². The molecule has 3 saturated carbocycles. The van der Waals surface area contributed by atoms with Crippen molar-refractivity contribution in [2.45, 2.75) is 30.2 Å². The van der Waals surface area contributed by atoms with Gasteiger partial charge in [-0.25, -0.2) is 4.39 Å². The molecule has 0 heterocycles. The van der Waals surface area contributed by atoms with Gasteiger partial charge in [0.15, 0.2) is 0 Å². The smallest absolute Gasteiger partial charge is 0.123 e. The molecule has 1 nitrogen and oxygen atoms in total. The van der Waals surface area contributed by atoms with Crippen LogP contribution in [0.4, 0.5) is 4.39 Å². The summed E-state index contributed by atoms with van der Waals surface area (Å²) >= 11 is 0. The highest BCUT2D eigenvalue weighted by molar-refractivity contribution is 5.41. The molecule has 0 radical (unpaired) electrons. The van der Waals surface area contributed by atoms with Gasteiger partial charge in [0.25, 0.3) is 0 Å². The van der Waals surface area contributed by atoms with Crippen molar-refractivity contribution in [2.24, 2.45) is 5.73 Å². The van der Waals surface area contributed by atoms with Crippen LogP contribution in [-0.4, -0.2) is 5.54 Å². The molecule has 0 amide bonds. The average Bonchev–Trinajstić information content (AvgIpc) is 1.99. The van der Waals surface area contributed by atoms with Crippen molar-refractivity contribution in [1.82, 2.24) is 0 Å². The van der Waals surface area contributed by atoms with Crippen LogP contribution in [0.5, 0.6) is 0 Å². The van der Waals surface area contributed by atoms with E-state index in [4.69, 9.17) is 5.73 Å². The minimum Gasteiger partial charge on any atom is -0.325 e. The Balaban J connectivity index is 1.91. The van der Waals surface area contributed by atoms with E-state index in [0.717, 1.165) is 19.3 Å². The number of hydrogen-bond acceptors (Lipinski definition) is 1. The lowest BCUT2D eigenvalue weighted by Gasteiger charge is -2.69. The topological polar surface area (TPSA) is 26.0 Å². The lowest BCUT2D eigenvalue weighted by atomic mass is 9.38. The van der Waals surface area contributed by atoms with Crippen LogP contribution in [-0.2, 0) is 5.41 Å². The third-order valence-corrected chi connectivity index (χ3v) is 3.53. The highest BCUT2D eigenvalue weighted by Crippen LogP contribution is 2.66. The van der Waals surface area contributed by atoms with Crippen molar-refractivity contribution >= 4 is 0 Å². The highest BCUT2D eigenvalue weighted by atomic mass is 19.1. The molecule has 13 heavy (non-hydrogen) atoms. The molecule has 1 aromatic carbocycles. The van der Waals surface area contributed by atoms with Crippen molar-refractivity contribution in [2.75, 3.05) is 0 Å². The fourth-order valence-corrected chi connectivity index (χ4v) is 2.98. The number of rotatable bonds is 1. The lowest BCUT2D eigenvalue weighted by molar-refractivity contribution is -0.0590. The zero-order valence-electron chi connectivity index (χ0n) is 7.39. The van der Waals surface area contributed by atoms with Crippen LogP contribution >= 0.6 is 0 Å². The minimum atomic E-state index is -0.155. The number of halogens is 1. The highest BCUT2D eigenvalue weighted by Gasteiger charge is 2.66. The van der Waals surface area contributed by atoms with E-state index < -0.39 is 0 Å². The predicted molar refractivity (Wildman–Crippen MR) is 48.8 cm³/mol. The minimum absolute atomic E-state index is 0.133. The van der Waals surface area contributed by atoms with Crippen LogP contribution < -0.4 is 5.73 Å². The molecule has 2 heteroatoms. The maximum atomic E-state index is 12.7. The molecule has 3 aliphatic rings. The van der Waals surface area contributed by atoms with Crippen molar-refractivity contribution in [3.05, 3.63) is 35.6 Å². The Morgan fingerprint density at radius 2 is 1.62 bits per heavy atom. The molecule has 0 spiro atoms. The normalized spacial score (nSPS) is 40.8. The first-order valence-corrected chi connectivity index (χ1v) is 4.67. The second-order valence-electron chi connectivity index (χ2n) is 4.68. The molecule has 0 atom stereocenters. The summed E-state index contributed by atoms with van der Waals surface area (Å²) in [7, 11) is 0. The summed E-state index contributed by atoms with van der Waals surface area (Å²) in [4.78, 5) is 0. The van der Waals surface area contributed by atoms with Crippen LogP contribution in [0.2, 0.25) is 0 Å². The van der Waals surface area contributed by atoms with E-state index in [-0.39, 0.29) is 11.4 Å². The first-order valence-electron chi connectivity index (χ1n) is 4.67. The third-order valence-electron chi connectivity index (χ3n) is 3.53. The molecule has 0 aromatic heterocycles. The average molecular weight is 177 g/mol. The van der Waals surface area contributed by atoms with Crippen molar-refractivity contribution < 1.29 is 4.39 Å². The van der Waals surface area contributed by atoms with Crippen molar-refractivity contribution in [3.63, 3.8) is 0 Å². The molecule has 3 fully saturated rings. The summed E-state index contributed by atoms with van der Waals surface area (Å²) in [5.41, 5.74) is 7.69. The summed E-state index contributed by atoms with van der Waals surface area (Å²) < 4.78 is 12.7. The fourth-order valence-electron chi connectivity index (χ4n) is 2.98. The maximum Gasteiger partial charge on any atom is 0.123 e. The molecule has 68 valence electrons. The zero-order valence-corrected chi connectivity index (χ0v) is 7.39. The molecule has 0 unspecified atom stereocenters. The van der Waals surface area contributed by atoms with Gasteiger partial charge in [-0.05, 0) is 37.0 Å². The summed E-state index contributed by atoms with van der Waals surface area (Å²) in [5.74, 6) is -0.155. The van der Waals surface area contributed by atoms with Gasteiger partial charge in [0.2, 0.25) is 0 Å². The second kappa shape index (κ2) is 1.95. The van der Waals surface area contributed by atoms with Crippen LogP contribution in [0.25, 0.3) is 0 Å². The Morgan fingerprint density at radius 1 is 1.08 bits per heavy atom. The Hall–Kier alpha value is -0.890. The fraction of sp³-hybridized carbons (Fsp3) is 0.455. The standard InChI is InChI=1S/C11H12FN/c12-9-3-1-8(2-4-9)10-5-11(13,6-10)7-10/h1-4H,5-7,13H2. The van der Waals surface area contributed by atoms with Gasteiger partial charge >= 0.3 is 0 Å². The first kappa shape index (κ1) is 7.51. The second-order valence-corrected chi connectivity index (χ2v) is 4.68. The van der Waals surface area contributed by atoms with Crippen molar-refractivity contribution in [3.8, 4) is 0 Å². The van der Waals surface area contributed by atoms with Gasteiger partial charge in [0, 0.05) is 11.0 Å². The van der Waals surface area contributed by atoms with Crippen LogP contribution in [0.1, 0.15) is 24.8 Å². The van der Waals surface area contributed by atoms with Gasteiger partial charge in [-0.3, -0.25) is 0 Å². The predicted octanol–water partition coefficient (Wildman–Crippen LogP) is 1.96. The molecular weight excluding hydrogens is 165 g/mol. The SMILES string of the molecule is NC12CC(c3ccc(F)cc3)(C1)C2. The van der Waals surface area contributed by atoms with E-state index in [1.807, 2.05) is 12.1 Å². The molecule has 2 N–H and O–H groups in total. The molecule has 0 aliphatic heterocycles. The van der Waals surface area contributed by atoms with Gasteiger partial charge in [-0.1, -0.05) is 12.1 Å². The van der Waals surface area contributed by atoms with E-state index in [9.17, 15) is 4.39 Å². The molecular formula is C11H12FN. The van der Waals surface area contributed by atoms with E-state index in [1.54, 1.807) is 12.1 Å². The Kier molecular flexibility index (Phi) is 1.13. The summed E-state index contributed by atoms with van der Waals surface area (Å²) in [6.07, 6.45) is 3.27. The molecule has 2 bridgehead atoms. The monoisotopic (exact) mass is 177 g/mol. The molecule has 1 aromatic rings. The van der Waals surface area contributed by atoms with Gasteiger partial charge < -0.3 is 5.73 Å². The Morgan fingerprint density at radius 3 is 2.08 bits per heavy atom. The molecule has 0 saturated heterocycles. The van der Waals surface area contributed by atoms with Crippen LogP contribution in [0, 0.1) is 5.82 Å².